The van der Waals surface area contributed by atoms with Crippen LogP contribution in [0.4, 0.5) is 0 Å². The van der Waals surface area contributed by atoms with Crippen molar-refractivity contribution in [2.75, 3.05) is 26.2 Å². The zero-order valence-corrected chi connectivity index (χ0v) is 11.4. The van der Waals surface area contributed by atoms with Gasteiger partial charge in [0.1, 0.15) is 0 Å². The highest BCUT2D eigenvalue weighted by Gasteiger charge is 2.22. The van der Waals surface area contributed by atoms with Crippen LogP contribution < -0.4 is 16.4 Å². The third kappa shape index (κ3) is 5.57. The van der Waals surface area contributed by atoms with Gasteiger partial charge in [0.2, 0.25) is 11.8 Å². The number of amides is 2. The van der Waals surface area contributed by atoms with Gasteiger partial charge in [0, 0.05) is 38.1 Å². The normalized spacial score (nSPS) is 21.3. The summed E-state index contributed by atoms with van der Waals surface area (Å²) in [4.78, 5) is 24.6. The molecular formula is C13H24N4O2. The summed E-state index contributed by atoms with van der Waals surface area (Å²) in [5, 5.41) is 6.40. The molecule has 2 rings (SSSR count). The molecule has 1 aliphatic heterocycles. The van der Waals surface area contributed by atoms with Gasteiger partial charge in [-0.15, -0.1) is 0 Å². The van der Waals surface area contributed by atoms with E-state index in [1.807, 2.05) is 4.90 Å². The van der Waals surface area contributed by atoms with Gasteiger partial charge in [0.25, 0.3) is 0 Å². The molecule has 6 nitrogen and oxygen atoms in total. The van der Waals surface area contributed by atoms with E-state index in [2.05, 4.69) is 10.6 Å². The highest BCUT2D eigenvalue weighted by Crippen LogP contribution is 2.18. The van der Waals surface area contributed by atoms with Crippen molar-refractivity contribution in [1.29, 1.82) is 0 Å². The van der Waals surface area contributed by atoms with E-state index < -0.39 is 0 Å². The molecule has 0 aromatic carbocycles. The average Bonchev–Trinajstić information content (AvgIpc) is 3.15. The van der Waals surface area contributed by atoms with Crippen molar-refractivity contribution < 1.29 is 9.59 Å². The van der Waals surface area contributed by atoms with Crippen LogP contribution in [-0.2, 0) is 9.59 Å². The van der Waals surface area contributed by atoms with E-state index in [9.17, 15) is 9.59 Å². The summed E-state index contributed by atoms with van der Waals surface area (Å²) in [6.45, 7) is 2.76. The van der Waals surface area contributed by atoms with Crippen LogP contribution in [0.2, 0.25) is 0 Å². The lowest BCUT2D eigenvalue weighted by atomic mass is 10.0. The van der Waals surface area contributed by atoms with Crippen LogP contribution in [0.5, 0.6) is 0 Å². The number of carbonyl (C=O) groups is 2. The fourth-order valence-corrected chi connectivity index (χ4v) is 2.43. The molecule has 1 saturated heterocycles. The molecule has 4 N–H and O–H groups in total. The molecule has 1 aliphatic carbocycles. The molecular weight excluding hydrogens is 244 g/mol. The Bertz CT molecular complexity index is 323. The first-order valence-electron chi connectivity index (χ1n) is 7.17. The highest BCUT2D eigenvalue weighted by molar-refractivity contribution is 5.76. The fraction of sp³-hybridized carbons (Fsp3) is 0.846. The predicted molar refractivity (Wildman–Crippen MR) is 72.4 cm³/mol. The zero-order valence-electron chi connectivity index (χ0n) is 11.4. The largest absolute Gasteiger partial charge is 0.369 e. The average molecular weight is 268 g/mol. The van der Waals surface area contributed by atoms with E-state index in [1.165, 1.54) is 12.8 Å². The maximum absolute atomic E-state index is 11.7. The van der Waals surface area contributed by atoms with E-state index in [0.29, 0.717) is 19.0 Å². The van der Waals surface area contributed by atoms with Gasteiger partial charge in [-0.2, -0.15) is 0 Å². The van der Waals surface area contributed by atoms with Crippen molar-refractivity contribution in [1.82, 2.24) is 15.5 Å². The lowest BCUT2D eigenvalue weighted by Crippen LogP contribution is -2.47. The molecule has 6 heteroatoms. The molecule has 2 aliphatic rings. The number of hydrogen-bond donors (Lipinski definition) is 3. The maximum atomic E-state index is 11.7. The smallest absolute Gasteiger partial charge is 0.231 e. The van der Waals surface area contributed by atoms with Crippen LogP contribution >= 0.6 is 0 Å². The molecule has 0 bridgehead atoms. The second-order valence-electron chi connectivity index (χ2n) is 5.56. The summed E-state index contributed by atoms with van der Waals surface area (Å²) in [6.07, 6.45) is 4.85. The Balaban J connectivity index is 1.56. The van der Waals surface area contributed by atoms with Crippen molar-refractivity contribution in [3.8, 4) is 0 Å². The van der Waals surface area contributed by atoms with Crippen LogP contribution in [0.25, 0.3) is 0 Å². The van der Waals surface area contributed by atoms with Crippen LogP contribution in [0.15, 0.2) is 0 Å². The van der Waals surface area contributed by atoms with Gasteiger partial charge < -0.3 is 16.4 Å². The van der Waals surface area contributed by atoms with E-state index in [-0.39, 0.29) is 17.9 Å². The van der Waals surface area contributed by atoms with Crippen LogP contribution in [-0.4, -0.2) is 55.0 Å². The van der Waals surface area contributed by atoms with Crippen molar-refractivity contribution in [3.63, 3.8) is 0 Å². The van der Waals surface area contributed by atoms with Crippen molar-refractivity contribution in [3.05, 3.63) is 0 Å². The molecule has 108 valence electrons. The Kier molecular flexibility index (Phi) is 5.15. The minimum absolute atomic E-state index is 0.126. The molecule has 1 saturated carbocycles. The molecule has 2 amide bonds. The molecule has 0 unspecified atom stereocenters. The van der Waals surface area contributed by atoms with E-state index in [1.54, 1.807) is 0 Å². The first-order chi connectivity index (χ1) is 9.13. The van der Waals surface area contributed by atoms with Crippen LogP contribution in [0.3, 0.4) is 0 Å². The molecule has 0 aromatic rings. The van der Waals surface area contributed by atoms with Gasteiger partial charge in [0.05, 0.1) is 6.54 Å². The summed E-state index contributed by atoms with van der Waals surface area (Å²) in [7, 11) is 0. The third-order valence-electron chi connectivity index (χ3n) is 3.69. The Hall–Kier alpha value is -1.14. The minimum Gasteiger partial charge on any atom is -0.369 e. The van der Waals surface area contributed by atoms with Crippen molar-refractivity contribution in [2.45, 2.75) is 44.2 Å². The molecule has 19 heavy (non-hydrogen) atoms. The summed E-state index contributed by atoms with van der Waals surface area (Å²) in [5.74, 6) is -0.157. The van der Waals surface area contributed by atoms with Gasteiger partial charge in [-0.05, 0) is 25.7 Å². The minimum atomic E-state index is -0.284. The maximum Gasteiger partial charge on any atom is 0.231 e. The van der Waals surface area contributed by atoms with Crippen LogP contribution in [0.1, 0.15) is 32.1 Å². The summed E-state index contributed by atoms with van der Waals surface area (Å²) >= 11 is 0. The monoisotopic (exact) mass is 268 g/mol. The van der Waals surface area contributed by atoms with Gasteiger partial charge in [-0.25, -0.2) is 0 Å². The number of nitrogens with zero attached hydrogens (tertiary/aromatic N) is 1. The number of carbonyl (C=O) groups excluding carboxylic acids is 2. The molecule has 0 atom stereocenters. The van der Waals surface area contributed by atoms with Gasteiger partial charge in [-0.3, -0.25) is 14.5 Å². The Morgan fingerprint density at radius 1 is 1.11 bits per heavy atom. The van der Waals surface area contributed by atoms with Gasteiger partial charge in [-0.1, -0.05) is 0 Å². The Labute approximate surface area is 114 Å². The van der Waals surface area contributed by atoms with E-state index in [4.69, 9.17) is 5.73 Å². The number of likely N-dealkylation sites (tertiary alicyclic amines) is 1. The predicted octanol–water partition coefficient (Wildman–Crippen LogP) is -0.806. The lowest BCUT2D eigenvalue weighted by Gasteiger charge is -2.31. The second-order valence-corrected chi connectivity index (χ2v) is 5.56. The first-order valence-corrected chi connectivity index (χ1v) is 7.17. The van der Waals surface area contributed by atoms with Crippen molar-refractivity contribution in [2.24, 2.45) is 5.73 Å². The summed E-state index contributed by atoms with van der Waals surface area (Å²) in [6, 6.07) is 0.905. The quantitative estimate of drug-likeness (QED) is 0.564. The third-order valence-corrected chi connectivity index (χ3v) is 3.69. The summed E-state index contributed by atoms with van der Waals surface area (Å²) in [5.41, 5.74) is 5.17. The molecule has 0 radical (unpaired) electrons. The lowest BCUT2D eigenvalue weighted by molar-refractivity contribution is -0.123. The Morgan fingerprint density at radius 3 is 2.37 bits per heavy atom. The topological polar surface area (TPSA) is 87.5 Å². The highest BCUT2D eigenvalue weighted by atomic mass is 16.2. The molecule has 0 spiro atoms. The number of nitrogens with two attached hydrogens (primary N) is 1. The standard InChI is InChI=1S/C13H24N4O2/c14-12(18)9-17-7-4-11(5-8-17)16-13(19)3-6-15-10-1-2-10/h10-11,15H,1-9H2,(H2,14,18)(H,16,19). The van der Waals surface area contributed by atoms with Crippen molar-refractivity contribution >= 4 is 11.8 Å². The molecule has 2 fully saturated rings. The second kappa shape index (κ2) is 6.86. The first kappa shape index (κ1) is 14.3. The van der Waals surface area contributed by atoms with Gasteiger partial charge in [0.15, 0.2) is 0 Å². The number of piperidine rings is 1. The molecule has 0 aromatic heterocycles. The Morgan fingerprint density at radius 2 is 1.79 bits per heavy atom. The van der Waals surface area contributed by atoms with Crippen LogP contribution in [0, 0.1) is 0 Å². The number of hydrogen-bond acceptors (Lipinski definition) is 4. The van der Waals surface area contributed by atoms with E-state index >= 15 is 0 Å². The fourth-order valence-electron chi connectivity index (χ4n) is 2.43. The number of nitrogens with one attached hydrogen (secondary N) is 2. The summed E-state index contributed by atoms with van der Waals surface area (Å²) < 4.78 is 0. The number of primary amides is 1. The molecule has 1 heterocycles. The van der Waals surface area contributed by atoms with Gasteiger partial charge >= 0.3 is 0 Å². The zero-order chi connectivity index (χ0) is 13.7. The number of rotatable bonds is 7. The SMILES string of the molecule is NC(=O)CN1CCC(NC(=O)CCNC2CC2)CC1. The van der Waals surface area contributed by atoms with E-state index in [0.717, 1.165) is 32.5 Å².